The van der Waals surface area contributed by atoms with Gasteiger partial charge in [-0.2, -0.15) is 0 Å². The molecule has 4 heterocycles. The Morgan fingerprint density at radius 1 is 1.32 bits per heavy atom. The van der Waals surface area contributed by atoms with E-state index in [4.69, 9.17) is 4.74 Å². The van der Waals surface area contributed by atoms with Gasteiger partial charge in [0.25, 0.3) is 5.91 Å². The zero-order chi connectivity index (χ0) is 21.9. The largest absolute Gasteiger partial charge is 0.503 e. The smallest absolute Gasteiger partial charge is 0.276 e. The number of thiazole rings is 1. The average molecular weight is 445 g/mol. The summed E-state index contributed by atoms with van der Waals surface area (Å²) in [5, 5.41) is 11.1. The summed E-state index contributed by atoms with van der Waals surface area (Å²) in [4.78, 5) is 31.9. The van der Waals surface area contributed by atoms with Gasteiger partial charge in [-0.3, -0.25) is 9.59 Å². The summed E-state index contributed by atoms with van der Waals surface area (Å²) in [6.45, 7) is 2.53. The summed E-state index contributed by atoms with van der Waals surface area (Å²) in [6, 6.07) is 3.19. The van der Waals surface area contributed by atoms with Crippen LogP contribution in [0.4, 0.5) is 8.78 Å². The highest BCUT2D eigenvalue weighted by molar-refractivity contribution is 7.15. The number of pyridine rings is 1. The van der Waals surface area contributed by atoms with E-state index in [-0.39, 0.29) is 29.3 Å². The van der Waals surface area contributed by atoms with Gasteiger partial charge in [0.15, 0.2) is 17.7 Å². The molecule has 1 fully saturated rings. The first-order valence-corrected chi connectivity index (χ1v) is 10.4. The Morgan fingerprint density at radius 2 is 2.13 bits per heavy atom. The first-order chi connectivity index (χ1) is 14.8. The van der Waals surface area contributed by atoms with Gasteiger partial charge in [-0.1, -0.05) is 6.07 Å². The molecule has 3 aromatic rings. The van der Waals surface area contributed by atoms with Crippen molar-refractivity contribution in [2.24, 2.45) is 0 Å². The fourth-order valence-corrected chi connectivity index (χ4v) is 4.94. The van der Waals surface area contributed by atoms with Crippen molar-refractivity contribution in [3.05, 3.63) is 68.7 Å². The van der Waals surface area contributed by atoms with Crippen molar-refractivity contribution in [1.29, 1.82) is 0 Å². The van der Waals surface area contributed by atoms with E-state index in [0.29, 0.717) is 23.0 Å². The molecular weight excluding hydrogens is 428 g/mol. The molecule has 1 N–H and O–H groups in total. The number of fused-ring (bicyclic) bond motifs is 2. The van der Waals surface area contributed by atoms with Gasteiger partial charge < -0.3 is 19.3 Å². The third-order valence-electron chi connectivity index (χ3n) is 5.54. The van der Waals surface area contributed by atoms with Crippen molar-refractivity contribution >= 4 is 17.2 Å². The molecule has 7 nitrogen and oxygen atoms in total. The van der Waals surface area contributed by atoms with Crippen molar-refractivity contribution in [2.45, 2.75) is 32.2 Å². The summed E-state index contributed by atoms with van der Waals surface area (Å²) < 4.78 is 34.2. The molecule has 0 unspecified atom stereocenters. The third-order valence-corrected chi connectivity index (χ3v) is 6.57. The molecular formula is C21H17F2N3O4S. The molecule has 2 atom stereocenters. The second-order valence-corrected chi connectivity index (χ2v) is 8.72. The molecule has 0 aliphatic carbocycles. The fraction of sp³-hybridized carbons (Fsp3) is 0.286. The van der Waals surface area contributed by atoms with Crippen molar-refractivity contribution in [1.82, 2.24) is 14.5 Å². The topological polar surface area (TPSA) is 84.7 Å². The number of carbonyl (C=O) groups is 1. The first kappa shape index (κ1) is 19.8. The van der Waals surface area contributed by atoms with Gasteiger partial charge in [0.1, 0.15) is 11.6 Å². The maximum absolute atomic E-state index is 13.9. The number of amides is 1. The van der Waals surface area contributed by atoms with Crippen molar-refractivity contribution < 1.29 is 23.4 Å². The molecule has 1 aromatic carbocycles. The number of hydrogen-bond donors (Lipinski definition) is 1. The zero-order valence-electron chi connectivity index (χ0n) is 16.3. The standard InChI is InChI=1S/C21H17F2N3O4S/c1-10-9-30-17-8-25-7-13(19(27)20(28)18(25)21(29)26(10)17)15-6-24-16(31-15)4-11-2-3-12(22)5-14(11)23/h2-3,5-7,10,17,28H,4,8-9H2,1H3/t10-,17+/m0/s1. The highest BCUT2D eigenvalue weighted by Gasteiger charge is 2.42. The van der Waals surface area contributed by atoms with Gasteiger partial charge >= 0.3 is 0 Å². The van der Waals surface area contributed by atoms with Crippen LogP contribution in [0, 0.1) is 11.6 Å². The lowest BCUT2D eigenvalue weighted by atomic mass is 10.1. The molecule has 160 valence electrons. The number of hydrogen-bond acceptors (Lipinski definition) is 6. The number of aromatic hydroxyl groups is 1. The average Bonchev–Trinajstić information content (AvgIpc) is 3.33. The minimum Gasteiger partial charge on any atom is -0.503 e. The van der Waals surface area contributed by atoms with E-state index in [1.807, 2.05) is 6.92 Å². The maximum Gasteiger partial charge on any atom is 0.276 e. The van der Waals surface area contributed by atoms with Gasteiger partial charge in [-0.15, -0.1) is 11.3 Å². The lowest BCUT2D eigenvalue weighted by Crippen LogP contribution is -2.48. The minimum absolute atomic E-state index is 0.0551. The number of benzene rings is 1. The van der Waals surface area contributed by atoms with Crippen LogP contribution < -0.4 is 5.43 Å². The summed E-state index contributed by atoms with van der Waals surface area (Å²) in [5.41, 5.74) is -0.253. The number of aromatic nitrogens is 2. The highest BCUT2D eigenvalue weighted by Crippen LogP contribution is 2.33. The lowest BCUT2D eigenvalue weighted by Gasteiger charge is -2.33. The van der Waals surface area contributed by atoms with Crippen LogP contribution in [0.3, 0.4) is 0 Å². The zero-order valence-corrected chi connectivity index (χ0v) is 17.2. The van der Waals surface area contributed by atoms with E-state index in [1.165, 1.54) is 45.3 Å². The molecule has 0 spiro atoms. The summed E-state index contributed by atoms with van der Waals surface area (Å²) in [5.74, 6) is -2.39. The number of ether oxygens (including phenoxy) is 1. The Bertz CT molecular complexity index is 1270. The molecule has 2 aromatic heterocycles. The van der Waals surface area contributed by atoms with Crippen LogP contribution in [0.25, 0.3) is 10.4 Å². The Hall–Kier alpha value is -3.11. The van der Waals surface area contributed by atoms with Crippen molar-refractivity contribution in [3.63, 3.8) is 0 Å². The van der Waals surface area contributed by atoms with Gasteiger partial charge in [0.05, 0.1) is 34.6 Å². The molecule has 1 amide bonds. The Morgan fingerprint density at radius 3 is 2.90 bits per heavy atom. The van der Waals surface area contributed by atoms with Gasteiger partial charge in [0, 0.05) is 24.9 Å². The Kier molecular flexibility index (Phi) is 4.63. The quantitative estimate of drug-likeness (QED) is 0.670. The predicted octanol–water partition coefficient (Wildman–Crippen LogP) is 2.75. The highest BCUT2D eigenvalue weighted by atomic mass is 32.1. The van der Waals surface area contributed by atoms with Crippen molar-refractivity contribution in [3.8, 4) is 16.2 Å². The third kappa shape index (κ3) is 3.22. The van der Waals surface area contributed by atoms with Crippen molar-refractivity contribution in [2.75, 3.05) is 6.61 Å². The maximum atomic E-state index is 13.9. The van der Waals surface area contributed by atoms with Gasteiger partial charge in [-0.05, 0) is 18.6 Å². The predicted molar refractivity (Wildman–Crippen MR) is 108 cm³/mol. The van der Waals surface area contributed by atoms with Crippen LogP contribution in [0.5, 0.6) is 5.75 Å². The fourth-order valence-electron chi connectivity index (χ4n) is 4.00. The molecule has 2 aliphatic heterocycles. The van der Waals surface area contributed by atoms with E-state index in [2.05, 4.69) is 4.98 Å². The number of carbonyl (C=O) groups excluding carboxylic acids is 1. The molecule has 0 bridgehead atoms. The number of rotatable bonds is 3. The normalized spacial score (nSPS) is 20.1. The molecule has 0 radical (unpaired) electrons. The molecule has 1 saturated heterocycles. The lowest BCUT2D eigenvalue weighted by molar-refractivity contribution is 0.00638. The molecule has 10 heteroatoms. The van der Waals surface area contributed by atoms with Crippen LogP contribution in [0.1, 0.15) is 28.0 Å². The second kappa shape index (κ2) is 7.24. The van der Waals surface area contributed by atoms with Crippen LogP contribution in [0.2, 0.25) is 0 Å². The molecule has 31 heavy (non-hydrogen) atoms. The van der Waals surface area contributed by atoms with E-state index in [1.54, 1.807) is 0 Å². The summed E-state index contributed by atoms with van der Waals surface area (Å²) in [7, 11) is 0. The van der Waals surface area contributed by atoms with Crippen LogP contribution in [-0.2, 0) is 17.7 Å². The minimum atomic E-state index is -0.672. The van der Waals surface area contributed by atoms with Crippen LogP contribution in [-0.4, -0.2) is 44.3 Å². The number of halogens is 2. The molecule has 0 saturated carbocycles. The summed E-state index contributed by atoms with van der Waals surface area (Å²) in [6.07, 6.45) is 2.67. The van der Waals surface area contributed by atoms with E-state index in [9.17, 15) is 23.5 Å². The SMILES string of the molecule is C[C@H]1CO[C@@H]2Cn3cc(-c4cnc(Cc5ccc(F)cc5F)s4)c(=O)c(O)c3C(=O)N12. The summed E-state index contributed by atoms with van der Waals surface area (Å²) >= 11 is 1.17. The van der Waals surface area contributed by atoms with E-state index >= 15 is 0 Å². The first-order valence-electron chi connectivity index (χ1n) is 9.63. The Balaban J connectivity index is 1.51. The number of nitrogens with zero attached hydrogens (tertiary/aromatic N) is 3. The van der Waals surface area contributed by atoms with Crippen LogP contribution in [0.15, 0.2) is 35.4 Å². The monoisotopic (exact) mass is 445 g/mol. The molecule has 5 rings (SSSR count). The second-order valence-electron chi connectivity index (χ2n) is 7.60. The van der Waals surface area contributed by atoms with E-state index < -0.39 is 34.9 Å². The van der Waals surface area contributed by atoms with Gasteiger partial charge in [-0.25, -0.2) is 13.8 Å². The van der Waals surface area contributed by atoms with E-state index in [0.717, 1.165) is 6.07 Å². The van der Waals surface area contributed by atoms with Crippen LogP contribution >= 0.6 is 11.3 Å². The Labute approximate surface area is 179 Å². The molecule has 2 aliphatic rings. The van der Waals surface area contributed by atoms with Gasteiger partial charge in [0.2, 0.25) is 5.43 Å².